The van der Waals surface area contributed by atoms with Crippen LogP contribution in [0.2, 0.25) is 0 Å². The average molecular weight is 538 g/mol. The van der Waals surface area contributed by atoms with Gasteiger partial charge < -0.3 is 14.3 Å². The number of benzene rings is 2. The molecule has 0 aliphatic carbocycles. The molecule has 0 bridgehead atoms. The summed E-state index contributed by atoms with van der Waals surface area (Å²) in [4.78, 5) is 27.5. The van der Waals surface area contributed by atoms with Gasteiger partial charge in [-0.3, -0.25) is 14.5 Å². The summed E-state index contributed by atoms with van der Waals surface area (Å²) in [5.41, 5.74) is 1.14. The molecule has 1 unspecified atom stereocenters. The van der Waals surface area contributed by atoms with Crippen LogP contribution >= 0.6 is 23.1 Å². The minimum Gasteiger partial charge on any atom is -0.507 e. The molecule has 5 rings (SSSR count). The van der Waals surface area contributed by atoms with Crippen molar-refractivity contribution in [2.24, 2.45) is 0 Å². The zero-order chi connectivity index (χ0) is 25.9. The Hall–Kier alpha value is -3.96. The number of ether oxygens (including phenoxy) is 1. The Balaban J connectivity index is 1.47. The van der Waals surface area contributed by atoms with Crippen LogP contribution in [-0.4, -0.2) is 33.6 Å². The summed E-state index contributed by atoms with van der Waals surface area (Å²) < 4.78 is 24.7. The van der Waals surface area contributed by atoms with Gasteiger partial charge in [0.05, 0.1) is 18.4 Å². The minimum atomic E-state index is -1.02. The number of rotatable bonds is 8. The molecule has 1 N–H and O–H groups in total. The van der Waals surface area contributed by atoms with E-state index in [-0.39, 0.29) is 22.3 Å². The van der Waals surface area contributed by atoms with E-state index in [9.17, 15) is 19.1 Å². The number of anilines is 1. The van der Waals surface area contributed by atoms with Crippen LogP contribution in [-0.2, 0) is 15.3 Å². The molecule has 1 amide bonds. The minimum absolute atomic E-state index is 0.111. The van der Waals surface area contributed by atoms with Gasteiger partial charge in [-0.05, 0) is 61.0 Å². The first kappa shape index (κ1) is 24.7. The van der Waals surface area contributed by atoms with Crippen LogP contribution in [0.5, 0.6) is 5.75 Å². The fraction of sp³-hybridized carbons (Fsp3) is 0.154. The first-order valence-electron chi connectivity index (χ1n) is 11.2. The first-order valence-corrected chi connectivity index (χ1v) is 13.0. The molecule has 3 heterocycles. The summed E-state index contributed by atoms with van der Waals surface area (Å²) in [6.07, 6.45) is 1.43. The quantitative estimate of drug-likeness (QED) is 0.102. The SMILES string of the molecule is CCOc1ccc(/C(O)=C2/C(=O)C(=O)N(c3nnc(SCc4ccc(F)cc4)s3)C2c2ccco2)cc1. The lowest BCUT2D eigenvalue weighted by molar-refractivity contribution is -0.132. The van der Waals surface area contributed by atoms with Crippen molar-refractivity contribution in [1.82, 2.24) is 10.2 Å². The van der Waals surface area contributed by atoms with Crippen molar-refractivity contribution < 1.29 is 28.2 Å². The first-order chi connectivity index (χ1) is 18.0. The Morgan fingerprint density at radius 2 is 1.89 bits per heavy atom. The van der Waals surface area contributed by atoms with E-state index in [0.717, 1.165) is 16.9 Å². The van der Waals surface area contributed by atoms with Crippen molar-refractivity contribution >= 4 is 45.7 Å². The van der Waals surface area contributed by atoms with Gasteiger partial charge in [-0.15, -0.1) is 10.2 Å². The molecule has 8 nitrogen and oxygen atoms in total. The maximum Gasteiger partial charge on any atom is 0.302 e. The average Bonchev–Trinajstić information content (AvgIpc) is 3.65. The lowest BCUT2D eigenvalue weighted by Gasteiger charge is -2.20. The smallest absolute Gasteiger partial charge is 0.302 e. The maximum absolute atomic E-state index is 13.2. The van der Waals surface area contributed by atoms with Gasteiger partial charge in [-0.1, -0.05) is 35.2 Å². The Kier molecular flexibility index (Phi) is 7.06. The van der Waals surface area contributed by atoms with Crippen molar-refractivity contribution in [3.63, 3.8) is 0 Å². The molecule has 11 heteroatoms. The third-order valence-electron chi connectivity index (χ3n) is 5.57. The number of carbonyl (C=O) groups excluding carboxylic acids is 2. The van der Waals surface area contributed by atoms with Crippen LogP contribution in [0.1, 0.15) is 29.9 Å². The van der Waals surface area contributed by atoms with Gasteiger partial charge >= 0.3 is 5.91 Å². The molecular weight excluding hydrogens is 517 g/mol. The number of halogens is 1. The fourth-order valence-corrected chi connectivity index (χ4v) is 5.68. The summed E-state index contributed by atoms with van der Waals surface area (Å²) >= 11 is 2.51. The van der Waals surface area contributed by atoms with Gasteiger partial charge in [0.2, 0.25) is 5.13 Å². The van der Waals surface area contributed by atoms with Gasteiger partial charge in [0, 0.05) is 11.3 Å². The third kappa shape index (κ3) is 5.00. The second kappa shape index (κ2) is 10.6. The molecule has 4 aromatic rings. The number of aliphatic hydroxyl groups is 1. The van der Waals surface area contributed by atoms with Crippen LogP contribution in [0.4, 0.5) is 9.52 Å². The lowest BCUT2D eigenvalue weighted by Crippen LogP contribution is -2.29. The number of hydrogen-bond acceptors (Lipinski definition) is 9. The van der Waals surface area contributed by atoms with Crippen LogP contribution < -0.4 is 9.64 Å². The summed E-state index contributed by atoms with van der Waals surface area (Å²) in [7, 11) is 0. The Morgan fingerprint density at radius 1 is 1.14 bits per heavy atom. The Labute approximate surface area is 219 Å². The van der Waals surface area contributed by atoms with Crippen LogP contribution in [0, 0.1) is 5.82 Å². The summed E-state index contributed by atoms with van der Waals surface area (Å²) in [5, 5.41) is 19.6. The largest absolute Gasteiger partial charge is 0.507 e. The number of thioether (sulfide) groups is 1. The standard InChI is InChI=1S/C26H20FN3O5S2/c1-2-34-18-11-7-16(8-12-18)22(31)20-21(19-4-3-13-35-19)30(24(33)23(20)32)25-28-29-26(37-25)36-14-15-5-9-17(27)10-6-15/h3-13,21,31H,2,14H2,1H3/b22-20-. The summed E-state index contributed by atoms with van der Waals surface area (Å²) in [6, 6.07) is 14.9. The topological polar surface area (TPSA) is 106 Å². The van der Waals surface area contributed by atoms with Gasteiger partial charge in [-0.25, -0.2) is 4.39 Å². The molecule has 0 spiro atoms. The van der Waals surface area contributed by atoms with Crippen molar-refractivity contribution in [2.45, 2.75) is 23.1 Å². The Morgan fingerprint density at radius 3 is 2.57 bits per heavy atom. The molecule has 2 aromatic carbocycles. The van der Waals surface area contributed by atoms with Crippen LogP contribution in [0.25, 0.3) is 5.76 Å². The van der Waals surface area contributed by atoms with Gasteiger partial charge in [-0.2, -0.15) is 0 Å². The van der Waals surface area contributed by atoms with E-state index in [0.29, 0.717) is 33.8 Å². The lowest BCUT2D eigenvalue weighted by atomic mass is 9.99. The molecule has 2 aromatic heterocycles. The van der Waals surface area contributed by atoms with E-state index in [4.69, 9.17) is 9.15 Å². The molecule has 0 saturated carbocycles. The number of carbonyl (C=O) groups is 2. The third-order valence-corrected chi connectivity index (χ3v) is 7.70. The molecule has 37 heavy (non-hydrogen) atoms. The number of furan rings is 1. The number of aliphatic hydroxyl groups excluding tert-OH is 1. The van der Waals surface area contributed by atoms with Crippen molar-refractivity contribution in [1.29, 1.82) is 0 Å². The second-order valence-corrected chi connectivity index (χ2v) is 10.1. The number of nitrogens with zero attached hydrogens (tertiary/aromatic N) is 3. The van der Waals surface area contributed by atoms with E-state index in [1.807, 2.05) is 6.92 Å². The summed E-state index contributed by atoms with van der Waals surface area (Å²) in [5.74, 6) is -0.925. The van der Waals surface area contributed by atoms with Crippen LogP contribution in [0.3, 0.4) is 0 Å². The van der Waals surface area contributed by atoms with E-state index in [1.54, 1.807) is 48.5 Å². The van der Waals surface area contributed by atoms with Crippen LogP contribution in [0.15, 0.2) is 81.3 Å². The highest BCUT2D eigenvalue weighted by Crippen LogP contribution is 2.44. The van der Waals surface area contributed by atoms with Crippen molar-refractivity contribution in [3.8, 4) is 5.75 Å². The van der Waals surface area contributed by atoms with E-state index in [2.05, 4.69) is 10.2 Å². The number of aromatic nitrogens is 2. The molecule has 1 saturated heterocycles. The zero-order valence-electron chi connectivity index (χ0n) is 19.5. The second-order valence-electron chi connectivity index (χ2n) is 7.91. The molecular formula is C26H20FN3O5S2. The van der Waals surface area contributed by atoms with Gasteiger partial charge in [0.1, 0.15) is 29.1 Å². The Bertz CT molecular complexity index is 1450. The predicted octanol–water partition coefficient (Wildman–Crippen LogP) is 5.59. The molecule has 1 atom stereocenters. The van der Waals surface area contributed by atoms with Gasteiger partial charge in [0.15, 0.2) is 4.34 Å². The zero-order valence-corrected chi connectivity index (χ0v) is 21.1. The summed E-state index contributed by atoms with van der Waals surface area (Å²) in [6.45, 7) is 2.35. The monoisotopic (exact) mass is 537 g/mol. The number of amides is 1. The van der Waals surface area contributed by atoms with Gasteiger partial charge in [0.25, 0.3) is 5.78 Å². The van der Waals surface area contributed by atoms with E-state index < -0.39 is 17.7 Å². The van der Waals surface area contributed by atoms with Crippen molar-refractivity contribution in [3.05, 3.63) is 95.2 Å². The molecule has 0 radical (unpaired) electrons. The number of Topliss-reactive ketones (excluding diaryl/α,β-unsaturated/α-hetero) is 1. The highest BCUT2D eigenvalue weighted by Gasteiger charge is 2.49. The molecule has 1 fully saturated rings. The highest BCUT2D eigenvalue weighted by molar-refractivity contribution is 8.00. The highest BCUT2D eigenvalue weighted by atomic mass is 32.2. The van der Waals surface area contributed by atoms with E-state index in [1.165, 1.54) is 35.1 Å². The molecule has 1 aliphatic heterocycles. The maximum atomic E-state index is 13.2. The predicted molar refractivity (Wildman–Crippen MR) is 137 cm³/mol. The molecule has 1 aliphatic rings. The number of hydrogen-bond donors (Lipinski definition) is 1. The number of ketones is 1. The van der Waals surface area contributed by atoms with Crippen molar-refractivity contribution in [2.75, 3.05) is 11.5 Å². The van der Waals surface area contributed by atoms with E-state index >= 15 is 0 Å². The molecule has 188 valence electrons. The fourth-order valence-electron chi connectivity index (χ4n) is 3.86. The normalized spacial score (nSPS) is 16.9.